The molecule has 142 heavy (non-hydrogen) atoms. The zero-order chi connectivity index (χ0) is 109. The van der Waals surface area contributed by atoms with Crippen molar-refractivity contribution in [2.75, 3.05) is 74.2 Å². The van der Waals surface area contributed by atoms with E-state index in [9.17, 15) is 100 Å². The summed E-state index contributed by atoms with van der Waals surface area (Å²) in [4.78, 5) is 27.5. The summed E-state index contributed by atoms with van der Waals surface area (Å²) in [5.41, 5.74) is 5.08. The number of hydrogen-bond acceptors (Lipinski definition) is 39. The monoisotopic (exact) mass is 2280 g/mol. The molecule has 6 aromatic carbocycles. The summed E-state index contributed by atoms with van der Waals surface area (Å²) >= 11 is 15.1. The Hall–Kier alpha value is -4.64. The van der Waals surface area contributed by atoms with Crippen molar-refractivity contribution in [3.63, 3.8) is 0 Å². The average Bonchev–Trinajstić information content (AvgIpc) is 1.56. The minimum Gasteiger partial charge on any atom is -0.748 e. The number of halogens is 2. The number of benzene rings is 6. The molecule has 6 fully saturated rings. The summed E-state index contributed by atoms with van der Waals surface area (Å²) in [7, 11) is -23.2. The van der Waals surface area contributed by atoms with Gasteiger partial charge in [-0.05, 0) is 211 Å². The van der Waals surface area contributed by atoms with Crippen LogP contribution in [0.4, 0.5) is 0 Å². The zero-order valence-electron chi connectivity index (χ0n) is 81.4. The van der Waals surface area contributed by atoms with Gasteiger partial charge in [0.05, 0.1) is 71.5 Å². The molecule has 4 unspecified atom stereocenters. The van der Waals surface area contributed by atoms with Gasteiger partial charge in [0.25, 0.3) is 40.5 Å². The van der Waals surface area contributed by atoms with E-state index in [1.807, 2.05) is 38.1 Å². The van der Waals surface area contributed by atoms with Crippen LogP contribution in [-0.4, -0.2) is 217 Å². The number of ketones is 2. The molecule has 6 aromatic rings. The number of hydrogen-bond donors (Lipinski definition) is 7. The van der Waals surface area contributed by atoms with Gasteiger partial charge >= 0.3 is 0 Å². The summed E-state index contributed by atoms with van der Waals surface area (Å²) in [5.74, 6) is 2.59. The van der Waals surface area contributed by atoms with Crippen LogP contribution in [0, 0.1) is 59.2 Å². The third kappa shape index (κ3) is 48.1. The van der Waals surface area contributed by atoms with Crippen molar-refractivity contribution >= 4 is 164 Å². The van der Waals surface area contributed by atoms with E-state index in [1.165, 1.54) is 137 Å². The van der Waals surface area contributed by atoms with E-state index in [0.717, 1.165) is 82.8 Å². The van der Waals surface area contributed by atoms with Crippen LogP contribution in [0.15, 0.2) is 177 Å². The van der Waals surface area contributed by atoms with Gasteiger partial charge in [-0.2, -0.15) is 42.3 Å². The molecule has 54 heteroatoms. The summed E-state index contributed by atoms with van der Waals surface area (Å²) in [6, 6.07) is 44.9. The topological polar surface area (TPSA) is 649 Å². The average molecular weight is 2280 g/mol. The van der Waals surface area contributed by atoms with Gasteiger partial charge in [-0.1, -0.05) is 204 Å². The summed E-state index contributed by atoms with van der Waals surface area (Å²) in [6.07, 6.45) is 16.0. The number of carbonyl (C=O) groups is 2. The number of fused-ring (bicyclic) bond motifs is 4. The van der Waals surface area contributed by atoms with Crippen molar-refractivity contribution in [2.24, 2.45) is 45.3 Å². The van der Waals surface area contributed by atoms with Crippen molar-refractivity contribution in [1.29, 1.82) is 0 Å². The SMILES string of the molecule is CC(C)CC(N(C)C)C1(c2ccc(Cl)cc2)CCC1.CC(C)CC([NH+](C)C)C1(c2ccc(Cl)cc2)CCC1.CC1(C)[C@@H]2CCC1(CSOOO)C(=O)C2.CC1(C)[C@@H]2CCC1(CSOO[O-])C(=O)C2.CCS(=O)(=O)O.CCS(=O)(=O)[O-].Cc1ccc(S(=O)(=O)O)cc1.Cc1ccc(S(=O)(=O)[O-])cc1.O=S(=O)(O)CCSOOO.O=S(=O)(O)c1ccccc1.O=S(=O)([O-])CCSOO[O-].O=S(=O)([O-])c1ccccc1. The Labute approximate surface area is 863 Å². The predicted molar refractivity (Wildman–Crippen MR) is 532 cm³/mol. The maximum atomic E-state index is 12.0. The zero-order valence-corrected chi connectivity index (χ0v) is 92.7. The minimum atomic E-state index is -4.27. The van der Waals surface area contributed by atoms with Gasteiger partial charge in [-0.25, -0.2) is 44.2 Å². The number of nitrogens with zero attached hydrogens (tertiary/aromatic N) is 1. The Balaban J connectivity index is 0.000000786. The highest BCUT2D eigenvalue weighted by atomic mass is 35.5. The van der Waals surface area contributed by atoms with Crippen molar-refractivity contribution in [1.82, 2.24) is 4.90 Å². The normalized spacial score (nSPS) is 19.2. The first-order valence-corrected chi connectivity index (χ1v) is 60.2. The fourth-order valence-electron chi connectivity index (χ4n) is 16.7. The lowest BCUT2D eigenvalue weighted by Gasteiger charge is -2.51. The van der Waals surface area contributed by atoms with Crippen LogP contribution >= 0.6 is 71.4 Å². The quantitative estimate of drug-likeness (QED) is 0.00648. The Morgan fingerprint density at radius 2 is 0.768 bits per heavy atom. The number of aryl methyl sites for hydroxylation is 2. The maximum Gasteiger partial charge on any atom is 0.294 e. The smallest absolute Gasteiger partial charge is 0.294 e. The fourth-order valence-corrected chi connectivity index (χ4v) is 23.2. The van der Waals surface area contributed by atoms with Crippen LogP contribution in [0.3, 0.4) is 0 Å². The molecule has 6 aliphatic carbocycles. The third-order valence-corrected chi connectivity index (χ3v) is 34.7. The fraction of sp³-hybridized carbons (Fsp3) is 0.568. The number of carbonyl (C=O) groups excluding carboxylic acids is 2. The van der Waals surface area contributed by atoms with E-state index in [4.69, 9.17) is 57.2 Å². The molecule has 6 atom stereocenters. The molecule has 0 aromatic heterocycles. The molecule has 6 saturated carbocycles. The highest BCUT2D eigenvalue weighted by Gasteiger charge is 2.65. The van der Waals surface area contributed by atoms with Gasteiger partial charge in [0.1, 0.15) is 31.8 Å². The second-order valence-electron chi connectivity index (χ2n) is 35.8. The van der Waals surface area contributed by atoms with Gasteiger partial charge in [0, 0.05) is 140 Å². The molecule has 0 aliphatic heterocycles. The lowest BCUT2D eigenvalue weighted by atomic mass is 9.58. The number of quaternary nitrogens is 1. The van der Waals surface area contributed by atoms with Gasteiger partial charge in [0.2, 0.25) is 0 Å². The molecule has 12 rings (SSSR count). The number of nitrogens with one attached hydrogen (secondary N) is 1. The van der Waals surface area contributed by atoms with Crippen LogP contribution in [0.25, 0.3) is 0 Å². The third-order valence-electron chi connectivity index (χ3n) is 24.8. The second kappa shape index (κ2) is 62.9. The first-order chi connectivity index (χ1) is 65.4. The molecule has 0 saturated heterocycles. The number of Topliss-reactive ketones (excluding diaryl/α,β-unsaturated/α-hetero) is 2. The van der Waals surface area contributed by atoms with Crippen LogP contribution in [0.2, 0.25) is 10.0 Å². The van der Waals surface area contributed by atoms with E-state index in [2.05, 4.69) is 150 Å². The van der Waals surface area contributed by atoms with Gasteiger partial charge in [0.15, 0.2) is 0 Å². The van der Waals surface area contributed by atoms with Gasteiger partial charge < -0.3 is 38.5 Å². The van der Waals surface area contributed by atoms with Crippen molar-refractivity contribution in [3.8, 4) is 0 Å². The van der Waals surface area contributed by atoms with Crippen molar-refractivity contribution in [2.45, 2.75) is 215 Å². The first-order valence-electron chi connectivity index (χ1n) is 43.7. The second-order valence-corrected chi connectivity index (χ2v) is 51.7. The standard InChI is InChI=1S/2C17H26ClN.2C10H16O4S.2C7H8O3S.2C6H6O3S.2C2H6O6S2.2C2H6O3S/c2*1-13(2)12-16(19(3)4)17(10-5-11-17)14-6-8-15(18)9-7-14;2*1-9(2)7-3-4-10(9,8(11)5-7)6-15-14-13-12;2*1-6-2-4-7(5-3-6)11(8,9)10;2*7-10(8,9)6-4-2-1-3-5-6;2*3-7-8-9-1-2-10(4,5)6;2*1-2-6(3,4)5/h2*6-9,13,16H,5,10-12H2,1-4H3;2*7,12H,3-6H2,1-2H3;2*2-5H,1H3,(H,8,9,10);2*1-5H,(H,7,8,9);2*3H,1-2H2,(H,4,5,6);2*2H2,1H3,(H,3,4,5)/p-5/t;;2*7-,10?;;;;;;;;/m..11......../s1. The predicted octanol–water partition coefficient (Wildman–Crippen LogP) is 13.2. The number of rotatable bonds is 34. The summed E-state index contributed by atoms with van der Waals surface area (Å²) in [6.45, 7) is 24.3. The Kier molecular flexibility index (Phi) is 59.9. The lowest BCUT2D eigenvalue weighted by molar-refractivity contribution is -0.893. The molecule has 812 valence electrons. The molecule has 0 radical (unpaired) electrons. The molecule has 4 bridgehead atoms. The molecule has 6 aliphatic rings. The van der Waals surface area contributed by atoms with Crippen LogP contribution < -0.4 is 15.4 Å². The largest absolute Gasteiger partial charge is 0.748 e. The maximum absolute atomic E-state index is 12.0. The molecule has 0 amide bonds. The van der Waals surface area contributed by atoms with Crippen molar-refractivity contribution in [3.05, 3.63) is 190 Å². The highest BCUT2D eigenvalue weighted by molar-refractivity contribution is 7.96. The molecule has 7 N–H and O–H groups in total. The molecular formula is C88H131Cl2N2O38S12-5. The van der Waals surface area contributed by atoms with Crippen LogP contribution in [0.1, 0.15) is 181 Å². The molecule has 0 spiro atoms. The van der Waals surface area contributed by atoms with E-state index < -0.39 is 92.5 Å². The van der Waals surface area contributed by atoms with Crippen LogP contribution in [-0.2, 0) is 139 Å². The Morgan fingerprint density at radius 3 is 1.04 bits per heavy atom. The van der Waals surface area contributed by atoms with Crippen LogP contribution in [0.5, 0.6) is 0 Å². The van der Waals surface area contributed by atoms with Crippen molar-refractivity contribution < 1.29 is 177 Å². The summed E-state index contributed by atoms with van der Waals surface area (Å²) in [5, 5.41) is 49.0. The number of likely N-dealkylation sites (N-methyl/N-ethyl adjacent to an activating group) is 2. The minimum absolute atomic E-state index is 0.0145. The lowest BCUT2D eigenvalue weighted by Crippen LogP contribution is -3.12. The highest BCUT2D eigenvalue weighted by Crippen LogP contribution is 2.66. The van der Waals surface area contributed by atoms with E-state index >= 15 is 0 Å². The summed E-state index contributed by atoms with van der Waals surface area (Å²) < 4.78 is 250. The molecule has 40 nitrogen and oxygen atoms in total. The van der Waals surface area contributed by atoms with Gasteiger partial charge in [-0.3, -0.25) is 37.9 Å². The molecular weight excluding hydrogens is 2150 g/mol. The first kappa shape index (κ1) is 135. The van der Waals surface area contributed by atoms with E-state index in [-0.39, 0.29) is 64.3 Å². The van der Waals surface area contributed by atoms with E-state index in [0.29, 0.717) is 94.7 Å². The van der Waals surface area contributed by atoms with Gasteiger partial charge in [-0.15, -0.1) is 8.67 Å². The Bertz CT molecular complexity index is 5340. The molecule has 0 heterocycles. The Morgan fingerprint density at radius 1 is 0.444 bits per heavy atom. The van der Waals surface area contributed by atoms with E-state index in [1.54, 1.807) is 53.4 Å².